The molecule has 1 aliphatic rings. The van der Waals surface area contributed by atoms with E-state index in [4.69, 9.17) is 10.2 Å². The van der Waals surface area contributed by atoms with Crippen LogP contribution < -0.4 is 10.6 Å². The molecule has 3 rings (SSSR count). The molecule has 0 unspecified atom stereocenters. The minimum absolute atomic E-state index is 0.412. The van der Waals surface area contributed by atoms with Gasteiger partial charge < -0.3 is 20.0 Å². The molecule has 0 radical (unpaired) electrons. The molecule has 5 nitrogen and oxygen atoms in total. The Labute approximate surface area is 137 Å². The van der Waals surface area contributed by atoms with Gasteiger partial charge in [-0.3, -0.25) is 0 Å². The van der Waals surface area contributed by atoms with Crippen LogP contribution in [0.2, 0.25) is 0 Å². The van der Waals surface area contributed by atoms with Crippen molar-refractivity contribution in [2.45, 2.75) is 12.8 Å². The summed E-state index contributed by atoms with van der Waals surface area (Å²) in [7, 11) is 4.22. The minimum Gasteiger partial charge on any atom is -0.461 e. The van der Waals surface area contributed by atoms with Crippen LogP contribution in [0.3, 0.4) is 0 Å². The maximum atomic E-state index is 6.00. The van der Waals surface area contributed by atoms with Crippen LogP contribution in [0, 0.1) is 0 Å². The lowest BCUT2D eigenvalue weighted by Crippen LogP contribution is -2.35. The van der Waals surface area contributed by atoms with Gasteiger partial charge in [-0.25, -0.2) is 4.99 Å². The Hall–Kier alpha value is -2.27. The first kappa shape index (κ1) is 15.6. The molecule has 0 fully saturated rings. The summed E-state index contributed by atoms with van der Waals surface area (Å²) in [6.07, 6.45) is 3.88. The quantitative estimate of drug-likeness (QED) is 0.681. The molecule has 0 saturated heterocycles. The fourth-order valence-corrected chi connectivity index (χ4v) is 2.90. The monoisotopic (exact) mass is 312 g/mol. The highest BCUT2D eigenvalue weighted by molar-refractivity contribution is 5.96. The first-order valence-electron chi connectivity index (χ1n) is 8.04. The number of aliphatic imine (C=N–C) groups is 1. The fourth-order valence-electron chi connectivity index (χ4n) is 2.90. The van der Waals surface area contributed by atoms with Gasteiger partial charge in [0.25, 0.3) is 0 Å². The average Bonchev–Trinajstić information content (AvgIpc) is 3.07. The Morgan fingerprint density at radius 1 is 1.35 bits per heavy atom. The number of nitrogens with zero attached hydrogens (tertiary/aromatic N) is 3. The lowest BCUT2D eigenvalue weighted by molar-refractivity contribution is 0.411. The van der Waals surface area contributed by atoms with Crippen molar-refractivity contribution < 1.29 is 4.42 Å². The average molecular weight is 312 g/mol. The Bertz CT molecular complexity index is 676. The Kier molecular flexibility index (Phi) is 4.67. The topological polar surface area (TPSA) is 58.0 Å². The van der Waals surface area contributed by atoms with Gasteiger partial charge in [-0.05, 0) is 62.8 Å². The predicted octanol–water partition coefficient (Wildman–Crippen LogP) is 2.63. The second-order valence-corrected chi connectivity index (χ2v) is 6.18. The molecule has 2 aromatic rings. The molecule has 0 amide bonds. The van der Waals surface area contributed by atoms with Crippen molar-refractivity contribution in [2.75, 3.05) is 38.6 Å². The largest absolute Gasteiger partial charge is 0.461 e. The van der Waals surface area contributed by atoms with Gasteiger partial charge in [0.05, 0.1) is 12.0 Å². The van der Waals surface area contributed by atoms with E-state index < -0.39 is 0 Å². The lowest BCUT2D eigenvalue weighted by Gasteiger charge is -2.32. The number of furan rings is 1. The molecule has 1 aromatic heterocycles. The van der Waals surface area contributed by atoms with Crippen molar-refractivity contribution in [1.29, 1.82) is 0 Å². The van der Waals surface area contributed by atoms with E-state index in [1.807, 2.05) is 18.2 Å². The molecule has 0 bridgehead atoms. The van der Waals surface area contributed by atoms with Crippen LogP contribution >= 0.6 is 0 Å². The fraction of sp³-hybridized carbons (Fsp3) is 0.389. The van der Waals surface area contributed by atoms with Gasteiger partial charge in [0, 0.05) is 25.3 Å². The maximum Gasteiger partial charge on any atom is 0.168 e. The normalized spacial score (nSPS) is 15.1. The zero-order chi connectivity index (χ0) is 16.2. The minimum atomic E-state index is 0.412. The van der Waals surface area contributed by atoms with Crippen LogP contribution in [0.4, 0.5) is 11.4 Å². The number of nitrogens with two attached hydrogens (primary N) is 1. The SMILES string of the molecule is CN(C)CCN1CCCc2cc(N=C(N)c3ccco3)ccc21. The third-order valence-electron chi connectivity index (χ3n) is 4.12. The summed E-state index contributed by atoms with van der Waals surface area (Å²) in [6, 6.07) is 9.97. The second kappa shape index (κ2) is 6.87. The standard InChI is InChI=1S/C18H24N4O/c1-21(2)10-11-22-9-3-5-14-13-15(7-8-16(14)22)20-18(19)17-6-4-12-23-17/h4,6-8,12-13H,3,5,9-11H2,1-2H3,(H2,19,20). The van der Waals surface area contributed by atoms with Gasteiger partial charge >= 0.3 is 0 Å². The van der Waals surface area contributed by atoms with Crippen molar-refractivity contribution in [3.8, 4) is 0 Å². The third-order valence-corrected chi connectivity index (χ3v) is 4.12. The van der Waals surface area contributed by atoms with E-state index in [0.29, 0.717) is 11.6 Å². The molecule has 5 heteroatoms. The summed E-state index contributed by atoms with van der Waals surface area (Å²) in [6.45, 7) is 3.24. The van der Waals surface area contributed by atoms with Gasteiger partial charge in [-0.2, -0.15) is 0 Å². The Balaban J connectivity index is 1.80. The van der Waals surface area contributed by atoms with Gasteiger partial charge in [-0.15, -0.1) is 0 Å². The Morgan fingerprint density at radius 3 is 2.96 bits per heavy atom. The summed E-state index contributed by atoms with van der Waals surface area (Å²) >= 11 is 0. The molecule has 122 valence electrons. The van der Waals surface area contributed by atoms with Crippen LogP contribution in [0.25, 0.3) is 0 Å². The number of rotatable bonds is 5. The van der Waals surface area contributed by atoms with E-state index in [1.165, 1.54) is 17.7 Å². The molecule has 0 aliphatic carbocycles. The summed E-state index contributed by atoms with van der Waals surface area (Å²) in [5.74, 6) is 1.02. The summed E-state index contributed by atoms with van der Waals surface area (Å²) in [5, 5.41) is 0. The van der Waals surface area contributed by atoms with Gasteiger partial charge in [0.2, 0.25) is 0 Å². The van der Waals surface area contributed by atoms with Gasteiger partial charge in [0.1, 0.15) is 0 Å². The van der Waals surface area contributed by atoms with Gasteiger partial charge in [-0.1, -0.05) is 0 Å². The maximum absolute atomic E-state index is 6.00. The lowest BCUT2D eigenvalue weighted by atomic mass is 10.0. The van der Waals surface area contributed by atoms with E-state index in [-0.39, 0.29) is 0 Å². The number of hydrogen-bond donors (Lipinski definition) is 1. The van der Waals surface area contributed by atoms with Crippen LogP contribution in [-0.2, 0) is 6.42 Å². The zero-order valence-corrected chi connectivity index (χ0v) is 13.8. The van der Waals surface area contributed by atoms with Gasteiger partial charge in [0.15, 0.2) is 11.6 Å². The number of hydrogen-bond acceptors (Lipinski definition) is 4. The molecule has 1 aliphatic heterocycles. The van der Waals surface area contributed by atoms with Crippen LogP contribution in [0.1, 0.15) is 17.7 Å². The van der Waals surface area contributed by atoms with Crippen LogP contribution in [0.5, 0.6) is 0 Å². The third kappa shape index (κ3) is 3.74. The highest BCUT2D eigenvalue weighted by Gasteiger charge is 2.17. The van der Waals surface area contributed by atoms with Crippen molar-refractivity contribution >= 4 is 17.2 Å². The highest BCUT2D eigenvalue weighted by Crippen LogP contribution is 2.30. The number of fused-ring (bicyclic) bond motifs is 1. The predicted molar refractivity (Wildman–Crippen MR) is 94.6 cm³/mol. The summed E-state index contributed by atoms with van der Waals surface area (Å²) in [5.41, 5.74) is 9.56. The van der Waals surface area contributed by atoms with Crippen molar-refractivity contribution in [3.63, 3.8) is 0 Å². The van der Waals surface area contributed by atoms with Crippen molar-refractivity contribution in [1.82, 2.24) is 4.90 Å². The van der Waals surface area contributed by atoms with Crippen molar-refractivity contribution in [2.24, 2.45) is 10.7 Å². The number of aryl methyl sites for hydroxylation is 1. The number of likely N-dealkylation sites (N-methyl/N-ethyl adjacent to an activating group) is 1. The zero-order valence-electron chi connectivity index (χ0n) is 13.8. The number of benzene rings is 1. The number of anilines is 1. The van der Waals surface area contributed by atoms with E-state index in [1.54, 1.807) is 6.26 Å². The second-order valence-electron chi connectivity index (χ2n) is 6.18. The van der Waals surface area contributed by atoms with Crippen LogP contribution in [-0.4, -0.2) is 44.5 Å². The molecular formula is C18H24N4O. The van der Waals surface area contributed by atoms with Crippen molar-refractivity contribution in [3.05, 3.63) is 47.9 Å². The molecular weight excluding hydrogens is 288 g/mol. The molecule has 0 saturated carbocycles. The molecule has 1 aromatic carbocycles. The molecule has 0 spiro atoms. The van der Waals surface area contributed by atoms with Crippen LogP contribution in [0.15, 0.2) is 46.0 Å². The first-order chi connectivity index (χ1) is 11.1. The summed E-state index contributed by atoms with van der Waals surface area (Å²) in [4.78, 5) is 9.16. The highest BCUT2D eigenvalue weighted by atomic mass is 16.3. The van der Waals surface area contributed by atoms with E-state index in [0.717, 1.165) is 31.7 Å². The van der Waals surface area contributed by atoms with E-state index in [9.17, 15) is 0 Å². The number of amidine groups is 1. The summed E-state index contributed by atoms with van der Waals surface area (Å²) < 4.78 is 5.28. The Morgan fingerprint density at radius 2 is 2.22 bits per heavy atom. The van der Waals surface area contributed by atoms with E-state index >= 15 is 0 Å². The van der Waals surface area contributed by atoms with E-state index in [2.05, 4.69) is 41.0 Å². The smallest absolute Gasteiger partial charge is 0.168 e. The molecule has 0 atom stereocenters. The molecule has 23 heavy (non-hydrogen) atoms. The first-order valence-corrected chi connectivity index (χ1v) is 8.04. The molecule has 2 heterocycles. The molecule has 2 N–H and O–H groups in total.